The molecule has 0 aliphatic rings. The quantitative estimate of drug-likeness (QED) is 0.853. The maximum Gasteiger partial charge on any atom is 0.341 e. The van der Waals surface area contributed by atoms with Crippen LogP contribution in [-0.2, 0) is 0 Å². The van der Waals surface area contributed by atoms with Gasteiger partial charge in [0.15, 0.2) is 5.82 Å². The molecule has 6 nitrogen and oxygen atoms in total. The van der Waals surface area contributed by atoms with E-state index in [1.807, 2.05) is 45.0 Å². The van der Waals surface area contributed by atoms with Crippen LogP contribution in [0.1, 0.15) is 31.1 Å². The maximum atomic E-state index is 11.3. The minimum atomic E-state index is -1.06. The van der Waals surface area contributed by atoms with Crippen LogP contribution in [0.2, 0.25) is 0 Å². The third-order valence-corrected chi connectivity index (χ3v) is 2.85. The molecule has 0 spiro atoms. The summed E-state index contributed by atoms with van der Waals surface area (Å²) in [4.78, 5) is 19.7. The van der Waals surface area contributed by atoms with E-state index in [0.29, 0.717) is 18.2 Å². The third kappa shape index (κ3) is 3.72. The molecule has 0 bridgehead atoms. The zero-order valence-electron chi connectivity index (χ0n) is 12.8. The molecular weight excluding hydrogens is 282 g/mol. The van der Waals surface area contributed by atoms with E-state index < -0.39 is 5.97 Å². The standard InChI is InChI=1S/C16H19N3O3/c1-4-22-12-7-5-6-11(8-12)14-17-9-13(16(20)21)15(19-14)18-10(2)3/h5-10H,4H2,1-3H3,(H,20,21)(H,17,18,19). The van der Waals surface area contributed by atoms with E-state index in [1.54, 1.807) is 0 Å². The first-order chi connectivity index (χ1) is 10.5. The lowest BCUT2D eigenvalue weighted by Crippen LogP contribution is -2.16. The summed E-state index contributed by atoms with van der Waals surface area (Å²) in [6.45, 7) is 6.32. The van der Waals surface area contributed by atoms with Crippen LogP contribution in [-0.4, -0.2) is 33.7 Å². The molecular formula is C16H19N3O3. The van der Waals surface area contributed by atoms with E-state index in [9.17, 15) is 9.90 Å². The fourth-order valence-electron chi connectivity index (χ4n) is 1.95. The number of rotatable bonds is 6. The molecule has 1 aromatic heterocycles. The van der Waals surface area contributed by atoms with Crippen molar-refractivity contribution in [2.24, 2.45) is 0 Å². The second kappa shape index (κ2) is 6.89. The van der Waals surface area contributed by atoms with Gasteiger partial charge in [-0.15, -0.1) is 0 Å². The number of carboxylic acids is 1. The monoisotopic (exact) mass is 301 g/mol. The lowest BCUT2D eigenvalue weighted by Gasteiger charge is -2.13. The Bertz CT molecular complexity index is 671. The number of carbonyl (C=O) groups is 1. The third-order valence-electron chi connectivity index (χ3n) is 2.85. The molecule has 0 unspecified atom stereocenters. The van der Waals surface area contributed by atoms with Gasteiger partial charge in [-0.05, 0) is 32.9 Å². The van der Waals surface area contributed by atoms with E-state index in [2.05, 4.69) is 15.3 Å². The van der Waals surface area contributed by atoms with Gasteiger partial charge >= 0.3 is 5.97 Å². The lowest BCUT2D eigenvalue weighted by molar-refractivity contribution is 0.0697. The van der Waals surface area contributed by atoms with Gasteiger partial charge in [-0.1, -0.05) is 12.1 Å². The first-order valence-electron chi connectivity index (χ1n) is 7.11. The number of nitrogens with zero attached hydrogens (tertiary/aromatic N) is 2. The number of carboxylic acid groups (broad SMARTS) is 1. The van der Waals surface area contributed by atoms with Crippen LogP contribution in [0.4, 0.5) is 5.82 Å². The molecule has 0 saturated heterocycles. The van der Waals surface area contributed by atoms with Gasteiger partial charge in [-0.25, -0.2) is 14.8 Å². The van der Waals surface area contributed by atoms with Crippen LogP contribution in [0, 0.1) is 0 Å². The van der Waals surface area contributed by atoms with Crippen LogP contribution in [0.15, 0.2) is 30.5 Å². The largest absolute Gasteiger partial charge is 0.494 e. The first-order valence-corrected chi connectivity index (χ1v) is 7.11. The number of hydrogen-bond donors (Lipinski definition) is 2. The van der Waals surface area contributed by atoms with E-state index >= 15 is 0 Å². The SMILES string of the molecule is CCOc1cccc(-c2ncc(C(=O)O)c(NC(C)C)n2)c1. The van der Waals surface area contributed by atoms with Gasteiger partial charge in [-0.2, -0.15) is 0 Å². The fraction of sp³-hybridized carbons (Fsp3) is 0.312. The number of aromatic nitrogens is 2. The minimum absolute atomic E-state index is 0.0541. The van der Waals surface area contributed by atoms with Gasteiger partial charge < -0.3 is 15.2 Å². The molecule has 116 valence electrons. The smallest absolute Gasteiger partial charge is 0.341 e. The fourth-order valence-corrected chi connectivity index (χ4v) is 1.95. The Morgan fingerprint density at radius 3 is 2.82 bits per heavy atom. The van der Waals surface area contributed by atoms with Crippen LogP contribution in [0.25, 0.3) is 11.4 Å². The summed E-state index contributed by atoms with van der Waals surface area (Å²) in [5.41, 5.74) is 0.827. The first kappa shape index (κ1) is 15.8. The molecule has 0 radical (unpaired) electrons. The predicted molar refractivity (Wildman–Crippen MR) is 84.4 cm³/mol. The summed E-state index contributed by atoms with van der Waals surface area (Å²) < 4.78 is 5.46. The highest BCUT2D eigenvalue weighted by Crippen LogP contribution is 2.23. The van der Waals surface area contributed by atoms with Crippen LogP contribution in [0.5, 0.6) is 5.75 Å². The van der Waals surface area contributed by atoms with E-state index in [-0.39, 0.29) is 11.6 Å². The summed E-state index contributed by atoms with van der Waals surface area (Å²) in [5, 5.41) is 12.3. The number of hydrogen-bond acceptors (Lipinski definition) is 5. The van der Waals surface area contributed by atoms with Crippen LogP contribution >= 0.6 is 0 Å². The molecule has 2 N–H and O–H groups in total. The van der Waals surface area contributed by atoms with Gasteiger partial charge in [0.25, 0.3) is 0 Å². The van der Waals surface area contributed by atoms with Gasteiger partial charge in [0.05, 0.1) is 6.61 Å². The van der Waals surface area contributed by atoms with Crippen molar-refractivity contribution in [2.45, 2.75) is 26.8 Å². The van der Waals surface area contributed by atoms with Crippen molar-refractivity contribution in [3.8, 4) is 17.1 Å². The van der Waals surface area contributed by atoms with Gasteiger partial charge in [0, 0.05) is 17.8 Å². The van der Waals surface area contributed by atoms with Gasteiger partial charge in [0.2, 0.25) is 0 Å². The molecule has 0 saturated carbocycles. The minimum Gasteiger partial charge on any atom is -0.494 e. The highest BCUT2D eigenvalue weighted by atomic mass is 16.5. The van der Waals surface area contributed by atoms with Crippen LogP contribution < -0.4 is 10.1 Å². The second-order valence-electron chi connectivity index (χ2n) is 5.02. The summed E-state index contributed by atoms with van der Waals surface area (Å²) in [7, 11) is 0. The van der Waals surface area contributed by atoms with E-state index in [4.69, 9.17) is 4.74 Å². The van der Waals surface area contributed by atoms with Crippen molar-refractivity contribution in [1.29, 1.82) is 0 Å². The summed E-state index contributed by atoms with van der Waals surface area (Å²) in [6.07, 6.45) is 1.32. The Balaban J connectivity index is 2.43. The molecule has 22 heavy (non-hydrogen) atoms. The average molecular weight is 301 g/mol. The Kier molecular flexibility index (Phi) is 4.93. The van der Waals surface area contributed by atoms with Crippen molar-refractivity contribution < 1.29 is 14.6 Å². The Morgan fingerprint density at radius 1 is 1.41 bits per heavy atom. The van der Waals surface area contributed by atoms with Gasteiger partial charge in [0.1, 0.15) is 17.1 Å². The van der Waals surface area contributed by atoms with Crippen molar-refractivity contribution in [3.63, 3.8) is 0 Å². The Labute approximate surface area is 129 Å². The molecule has 6 heteroatoms. The molecule has 2 rings (SSSR count). The zero-order chi connectivity index (χ0) is 16.1. The van der Waals surface area contributed by atoms with Crippen molar-refractivity contribution in [3.05, 3.63) is 36.0 Å². The predicted octanol–water partition coefficient (Wildman–Crippen LogP) is 3.06. The topological polar surface area (TPSA) is 84.3 Å². The number of ether oxygens (including phenoxy) is 1. The second-order valence-corrected chi connectivity index (χ2v) is 5.02. The van der Waals surface area contributed by atoms with Gasteiger partial charge in [-0.3, -0.25) is 0 Å². The highest BCUT2D eigenvalue weighted by molar-refractivity contribution is 5.93. The van der Waals surface area contributed by atoms with E-state index in [1.165, 1.54) is 6.20 Å². The molecule has 0 atom stereocenters. The van der Waals surface area contributed by atoms with Crippen molar-refractivity contribution in [2.75, 3.05) is 11.9 Å². The van der Waals surface area contributed by atoms with Crippen molar-refractivity contribution >= 4 is 11.8 Å². The summed E-state index contributed by atoms with van der Waals surface area (Å²) in [5.74, 6) is 0.436. The molecule has 0 amide bonds. The maximum absolute atomic E-state index is 11.3. The lowest BCUT2D eigenvalue weighted by atomic mass is 10.2. The summed E-state index contributed by atoms with van der Waals surface area (Å²) >= 11 is 0. The normalized spacial score (nSPS) is 10.5. The molecule has 1 heterocycles. The zero-order valence-corrected chi connectivity index (χ0v) is 12.8. The van der Waals surface area contributed by atoms with E-state index in [0.717, 1.165) is 11.3 Å². The average Bonchev–Trinajstić information content (AvgIpc) is 2.47. The Morgan fingerprint density at radius 2 is 2.18 bits per heavy atom. The highest BCUT2D eigenvalue weighted by Gasteiger charge is 2.15. The number of aromatic carboxylic acids is 1. The molecule has 2 aromatic rings. The summed E-state index contributed by atoms with van der Waals surface area (Å²) in [6, 6.07) is 7.46. The molecule has 0 fully saturated rings. The molecule has 1 aromatic carbocycles. The number of nitrogens with one attached hydrogen (secondary N) is 1. The molecule has 0 aliphatic heterocycles. The van der Waals surface area contributed by atoms with Crippen LogP contribution in [0.3, 0.4) is 0 Å². The van der Waals surface area contributed by atoms with Crippen molar-refractivity contribution in [1.82, 2.24) is 9.97 Å². The molecule has 0 aliphatic carbocycles. The Hall–Kier alpha value is -2.63. The number of benzene rings is 1. The number of anilines is 1.